The van der Waals surface area contributed by atoms with Crippen LogP contribution in [0, 0.1) is 5.82 Å². The first-order chi connectivity index (χ1) is 19.3. The molecule has 8 heteroatoms. The second-order valence-corrected chi connectivity index (χ2v) is 9.48. The molecule has 0 aliphatic rings. The summed E-state index contributed by atoms with van der Waals surface area (Å²) in [6.45, 7) is 0.973. The van der Waals surface area contributed by atoms with Crippen LogP contribution in [0.3, 0.4) is 0 Å². The summed E-state index contributed by atoms with van der Waals surface area (Å²) in [6.07, 6.45) is -3.99. The van der Waals surface area contributed by atoms with Crippen LogP contribution in [0.15, 0.2) is 115 Å². The molecule has 0 fully saturated rings. The van der Waals surface area contributed by atoms with E-state index in [0.29, 0.717) is 18.8 Å². The average molecular weight is 546 g/mol. The number of hydrogen-bond acceptors (Lipinski definition) is 3. The van der Waals surface area contributed by atoms with Crippen LogP contribution in [0.1, 0.15) is 39.9 Å². The Morgan fingerprint density at radius 2 is 1.23 bits per heavy atom. The lowest BCUT2D eigenvalue weighted by molar-refractivity contribution is -0.141. The van der Waals surface area contributed by atoms with Gasteiger partial charge in [-0.3, -0.25) is 4.90 Å². The van der Waals surface area contributed by atoms with Gasteiger partial charge in [-0.1, -0.05) is 84.9 Å². The van der Waals surface area contributed by atoms with Crippen molar-refractivity contribution in [2.24, 2.45) is 0 Å². The topological polar surface area (TPSA) is 41.1 Å². The van der Waals surface area contributed by atoms with Gasteiger partial charge < -0.3 is 9.72 Å². The number of H-pyrrole nitrogens is 1. The first-order valence-electron chi connectivity index (χ1n) is 12.8. The number of hydrogen-bond donors (Lipinski definition) is 1. The molecular formula is C32H27F4N3O. The number of imidazole rings is 1. The van der Waals surface area contributed by atoms with Crippen molar-refractivity contribution in [3.63, 3.8) is 0 Å². The van der Waals surface area contributed by atoms with E-state index in [1.807, 2.05) is 89.8 Å². The van der Waals surface area contributed by atoms with E-state index in [1.54, 1.807) is 12.1 Å². The molecule has 0 radical (unpaired) electrons. The number of rotatable bonds is 10. The molecule has 0 unspecified atom stereocenters. The number of alkyl halides is 3. The van der Waals surface area contributed by atoms with Crippen molar-refractivity contribution in [3.8, 4) is 5.75 Å². The van der Waals surface area contributed by atoms with Crippen LogP contribution < -0.4 is 4.74 Å². The first-order valence-corrected chi connectivity index (χ1v) is 12.8. The van der Waals surface area contributed by atoms with Crippen LogP contribution in [-0.2, 0) is 25.8 Å². The zero-order chi connectivity index (χ0) is 28.0. The van der Waals surface area contributed by atoms with Crippen LogP contribution >= 0.6 is 0 Å². The van der Waals surface area contributed by atoms with Crippen molar-refractivity contribution in [1.29, 1.82) is 0 Å². The van der Waals surface area contributed by atoms with E-state index in [0.717, 1.165) is 28.5 Å². The van der Waals surface area contributed by atoms with Gasteiger partial charge in [0.25, 0.3) is 0 Å². The smallest absolute Gasteiger partial charge is 0.432 e. The fourth-order valence-electron chi connectivity index (χ4n) is 4.47. The van der Waals surface area contributed by atoms with Gasteiger partial charge >= 0.3 is 6.18 Å². The summed E-state index contributed by atoms with van der Waals surface area (Å²) in [6, 6.07) is 33.6. The van der Waals surface area contributed by atoms with Crippen molar-refractivity contribution < 1.29 is 22.3 Å². The number of ether oxygens (including phenoxy) is 1. The van der Waals surface area contributed by atoms with E-state index >= 15 is 0 Å². The van der Waals surface area contributed by atoms with E-state index < -0.39 is 11.9 Å². The number of aromatic amines is 1. The van der Waals surface area contributed by atoms with E-state index in [4.69, 9.17) is 4.74 Å². The molecule has 0 spiro atoms. The van der Waals surface area contributed by atoms with Crippen molar-refractivity contribution in [2.45, 2.75) is 31.9 Å². The highest BCUT2D eigenvalue weighted by Crippen LogP contribution is 2.30. The quantitative estimate of drug-likeness (QED) is 0.181. The van der Waals surface area contributed by atoms with Crippen molar-refractivity contribution in [1.82, 2.24) is 14.9 Å². The van der Waals surface area contributed by atoms with Crippen molar-refractivity contribution in [2.75, 3.05) is 0 Å². The number of halogens is 4. The Balaban J connectivity index is 1.33. The molecule has 0 amide bonds. The SMILES string of the molecule is Fc1ccc(CN(Cc2ccc(OC(c3ccccc3)c3ccccc3)cc2)Cc2ncc(C(F)(F)F)[nH]2)cc1. The average Bonchev–Trinajstić information content (AvgIpc) is 3.44. The molecule has 0 aliphatic carbocycles. The molecule has 0 bridgehead atoms. The molecule has 204 valence electrons. The largest absolute Gasteiger partial charge is 0.481 e. The summed E-state index contributed by atoms with van der Waals surface area (Å²) < 4.78 is 59.1. The van der Waals surface area contributed by atoms with Gasteiger partial charge in [-0.25, -0.2) is 9.37 Å². The highest BCUT2D eigenvalue weighted by molar-refractivity contribution is 5.34. The molecular weight excluding hydrogens is 518 g/mol. The number of aromatic nitrogens is 2. The second kappa shape index (κ2) is 12.2. The van der Waals surface area contributed by atoms with E-state index in [2.05, 4.69) is 9.97 Å². The number of benzene rings is 4. The maximum absolute atomic E-state index is 13.4. The fourth-order valence-corrected chi connectivity index (χ4v) is 4.47. The van der Waals surface area contributed by atoms with E-state index in [9.17, 15) is 17.6 Å². The Morgan fingerprint density at radius 3 is 1.73 bits per heavy atom. The summed E-state index contributed by atoms with van der Waals surface area (Å²) in [5.74, 6) is 0.534. The summed E-state index contributed by atoms with van der Waals surface area (Å²) >= 11 is 0. The molecule has 0 atom stereocenters. The third-order valence-electron chi connectivity index (χ3n) is 6.41. The second-order valence-electron chi connectivity index (χ2n) is 9.48. The standard InChI is InChI=1S/C32H27F4N3O/c33-27-15-11-23(12-16-27)20-39(22-30-37-19-29(38-30)32(34,35)36)21-24-13-17-28(18-14-24)40-31(25-7-3-1-4-8-25)26-9-5-2-6-10-26/h1-19,31H,20-22H2,(H,37,38). The fraction of sp³-hybridized carbons (Fsp3) is 0.156. The van der Waals surface area contributed by atoms with Crippen LogP contribution in [-0.4, -0.2) is 14.9 Å². The third-order valence-corrected chi connectivity index (χ3v) is 6.41. The van der Waals surface area contributed by atoms with Crippen LogP contribution in [0.25, 0.3) is 0 Å². The zero-order valence-corrected chi connectivity index (χ0v) is 21.5. The maximum Gasteiger partial charge on any atom is 0.432 e. The minimum absolute atomic E-state index is 0.149. The summed E-state index contributed by atoms with van der Waals surface area (Å²) in [5.41, 5.74) is 2.93. The van der Waals surface area contributed by atoms with Crippen LogP contribution in [0.5, 0.6) is 5.75 Å². The Kier molecular flexibility index (Phi) is 8.26. The third kappa shape index (κ3) is 7.15. The predicted molar refractivity (Wildman–Crippen MR) is 145 cm³/mol. The molecule has 40 heavy (non-hydrogen) atoms. The lowest BCUT2D eigenvalue weighted by Gasteiger charge is -2.23. The summed E-state index contributed by atoms with van der Waals surface area (Å²) in [4.78, 5) is 8.24. The molecule has 5 aromatic rings. The van der Waals surface area contributed by atoms with Gasteiger partial charge in [-0.05, 0) is 46.5 Å². The normalized spacial score (nSPS) is 11.8. The molecule has 1 heterocycles. The molecule has 0 aliphatic heterocycles. The van der Waals surface area contributed by atoms with Gasteiger partial charge in [0, 0.05) is 13.1 Å². The number of nitrogens with zero attached hydrogens (tertiary/aromatic N) is 2. The van der Waals surface area contributed by atoms with Gasteiger partial charge in [0.15, 0.2) is 0 Å². The molecule has 1 N–H and O–H groups in total. The van der Waals surface area contributed by atoms with Gasteiger partial charge in [0.1, 0.15) is 29.2 Å². The van der Waals surface area contributed by atoms with Crippen LogP contribution in [0.4, 0.5) is 17.6 Å². The van der Waals surface area contributed by atoms with E-state index in [1.165, 1.54) is 12.1 Å². The van der Waals surface area contributed by atoms with Gasteiger partial charge in [-0.15, -0.1) is 0 Å². The Labute approximate surface area is 229 Å². The zero-order valence-electron chi connectivity index (χ0n) is 21.5. The molecule has 1 aromatic heterocycles. The predicted octanol–water partition coefficient (Wildman–Crippen LogP) is 7.94. The van der Waals surface area contributed by atoms with Crippen molar-refractivity contribution >= 4 is 0 Å². The minimum atomic E-state index is -4.50. The highest BCUT2D eigenvalue weighted by atomic mass is 19.4. The summed E-state index contributed by atoms with van der Waals surface area (Å²) in [5, 5.41) is 0. The lowest BCUT2D eigenvalue weighted by atomic mass is 10.0. The lowest BCUT2D eigenvalue weighted by Crippen LogP contribution is -2.23. The minimum Gasteiger partial charge on any atom is -0.481 e. The summed E-state index contributed by atoms with van der Waals surface area (Å²) in [7, 11) is 0. The van der Waals surface area contributed by atoms with Crippen molar-refractivity contribution in [3.05, 3.63) is 155 Å². The molecule has 0 saturated carbocycles. The van der Waals surface area contributed by atoms with E-state index in [-0.39, 0.29) is 24.3 Å². The Morgan fingerprint density at radius 1 is 0.700 bits per heavy atom. The van der Waals surface area contributed by atoms with Gasteiger partial charge in [0.2, 0.25) is 0 Å². The van der Waals surface area contributed by atoms with Gasteiger partial charge in [-0.2, -0.15) is 13.2 Å². The molecule has 4 nitrogen and oxygen atoms in total. The highest BCUT2D eigenvalue weighted by Gasteiger charge is 2.33. The Bertz CT molecular complexity index is 1450. The first kappa shape index (κ1) is 27.1. The molecule has 5 rings (SSSR count). The maximum atomic E-state index is 13.4. The monoisotopic (exact) mass is 545 g/mol. The number of nitrogens with one attached hydrogen (secondary N) is 1. The van der Waals surface area contributed by atoms with Crippen LogP contribution in [0.2, 0.25) is 0 Å². The molecule has 4 aromatic carbocycles. The van der Waals surface area contributed by atoms with Gasteiger partial charge in [0.05, 0.1) is 12.7 Å². The Hall–Kier alpha value is -4.43. The molecule has 0 saturated heterocycles.